The van der Waals surface area contributed by atoms with Crippen molar-refractivity contribution in [2.24, 2.45) is 5.73 Å². The number of rotatable bonds is 5. The van der Waals surface area contributed by atoms with Gasteiger partial charge in [0.2, 0.25) is 0 Å². The molecule has 2 heterocycles. The number of thiazole rings is 1. The number of nitrogens with zero attached hydrogens (tertiary/aromatic N) is 4. The minimum absolute atomic E-state index is 0.450. The Bertz CT molecular complexity index is 742. The maximum Gasteiger partial charge on any atom is 0.191 e. The third-order valence-corrected chi connectivity index (χ3v) is 5.67. The quantitative estimate of drug-likeness (QED) is 0.733. The normalized spacial score (nSPS) is 14.9. The Morgan fingerprint density at radius 3 is 2.90 bits per heavy atom. The molecule has 3 aromatic rings. The molecular weight excluding hydrogens is 302 g/mol. The SMILES string of the molecule is NCc1nnc(SCc2nc3ccccc3s2)n1C1CC1. The van der Waals surface area contributed by atoms with Gasteiger partial charge in [-0.25, -0.2) is 4.98 Å². The lowest BCUT2D eigenvalue weighted by molar-refractivity contribution is 0.626. The minimum Gasteiger partial charge on any atom is -0.324 e. The summed E-state index contributed by atoms with van der Waals surface area (Å²) in [6.07, 6.45) is 2.42. The fraction of sp³-hybridized carbons (Fsp3) is 0.357. The molecule has 0 aliphatic heterocycles. The number of fused-ring (bicyclic) bond motifs is 1. The number of nitrogens with two attached hydrogens (primary N) is 1. The van der Waals surface area contributed by atoms with E-state index in [0.29, 0.717) is 12.6 Å². The molecule has 1 fully saturated rings. The zero-order valence-corrected chi connectivity index (χ0v) is 13.0. The van der Waals surface area contributed by atoms with E-state index in [9.17, 15) is 0 Å². The van der Waals surface area contributed by atoms with Gasteiger partial charge in [-0.15, -0.1) is 21.5 Å². The van der Waals surface area contributed by atoms with Crippen molar-refractivity contribution in [1.29, 1.82) is 0 Å². The van der Waals surface area contributed by atoms with E-state index in [1.165, 1.54) is 17.5 Å². The van der Waals surface area contributed by atoms with Gasteiger partial charge >= 0.3 is 0 Å². The molecule has 0 amide bonds. The predicted octanol–water partition coefficient (Wildman–Crippen LogP) is 2.97. The van der Waals surface area contributed by atoms with Crippen LogP contribution in [0.15, 0.2) is 29.4 Å². The third kappa shape index (κ3) is 2.56. The summed E-state index contributed by atoms with van der Waals surface area (Å²) in [7, 11) is 0. The highest BCUT2D eigenvalue weighted by atomic mass is 32.2. The molecule has 0 unspecified atom stereocenters. The van der Waals surface area contributed by atoms with Crippen LogP contribution in [0.4, 0.5) is 0 Å². The van der Waals surface area contributed by atoms with Crippen LogP contribution in [-0.2, 0) is 12.3 Å². The molecule has 4 rings (SSSR count). The van der Waals surface area contributed by atoms with Gasteiger partial charge in [-0.05, 0) is 25.0 Å². The second-order valence-electron chi connectivity index (χ2n) is 5.07. The summed E-state index contributed by atoms with van der Waals surface area (Å²) < 4.78 is 3.44. The lowest BCUT2D eigenvalue weighted by Gasteiger charge is -2.06. The van der Waals surface area contributed by atoms with Gasteiger partial charge in [0.25, 0.3) is 0 Å². The molecule has 5 nitrogen and oxygen atoms in total. The van der Waals surface area contributed by atoms with Crippen molar-refractivity contribution in [3.05, 3.63) is 35.1 Å². The zero-order valence-electron chi connectivity index (χ0n) is 11.4. The number of hydrogen-bond donors (Lipinski definition) is 1. The highest BCUT2D eigenvalue weighted by Crippen LogP contribution is 2.39. The van der Waals surface area contributed by atoms with Crippen LogP contribution >= 0.6 is 23.1 Å². The molecule has 0 atom stereocenters. The summed E-state index contributed by atoms with van der Waals surface area (Å²) in [5.41, 5.74) is 6.82. The molecule has 0 saturated heterocycles. The van der Waals surface area contributed by atoms with E-state index >= 15 is 0 Å². The molecule has 1 aliphatic rings. The van der Waals surface area contributed by atoms with E-state index in [4.69, 9.17) is 5.73 Å². The maximum atomic E-state index is 5.74. The van der Waals surface area contributed by atoms with E-state index < -0.39 is 0 Å². The van der Waals surface area contributed by atoms with E-state index in [1.54, 1.807) is 23.1 Å². The van der Waals surface area contributed by atoms with E-state index in [2.05, 4.69) is 37.9 Å². The first-order chi connectivity index (χ1) is 10.3. The fourth-order valence-electron chi connectivity index (χ4n) is 2.35. The van der Waals surface area contributed by atoms with Crippen LogP contribution < -0.4 is 5.73 Å². The highest BCUT2D eigenvalue weighted by molar-refractivity contribution is 7.98. The lowest BCUT2D eigenvalue weighted by atomic mass is 10.3. The van der Waals surface area contributed by atoms with Gasteiger partial charge in [-0.3, -0.25) is 0 Å². The van der Waals surface area contributed by atoms with Crippen molar-refractivity contribution in [2.45, 2.75) is 36.3 Å². The number of aromatic nitrogens is 4. The molecule has 1 saturated carbocycles. The summed E-state index contributed by atoms with van der Waals surface area (Å²) in [6, 6.07) is 8.79. The predicted molar refractivity (Wildman–Crippen MR) is 85.4 cm³/mol. The average Bonchev–Trinajstić information content (AvgIpc) is 3.13. The van der Waals surface area contributed by atoms with Gasteiger partial charge in [0.15, 0.2) is 5.16 Å². The Balaban J connectivity index is 1.55. The first-order valence-corrected chi connectivity index (χ1v) is 8.76. The smallest absolute Gasteiger partial charge is 0.191 e. The van der Waals surface area contributed by atoms with Crippen molar-refractivity contribution in [2.75, 3.05) is 0 Å². The average molecular weight is 317 g/mol. The minimum atomic E-state index is 0.450. The first-order valence-electron chi connectivity index (χ1n) is 6.96. The first kappa shape index (κ1) is 13.2. The van der Waals surface area contributed by atoms with Crippen molar-refractivity contribution in [3.8, 4) is 0 Å². The summed E-state index contributed by atoms with van der Waals surface area (Å²) in [5, 5.41) is 10.6. The van der Waals surface area contributed by atoms with Gasteiger partial charge in [0.1, 0.15) is 10.8 Å². The topological polar surface area (TPSA) is 69.6 Å². The van der Waals surface area contributed by atoms with Crippen LogP contribution in [0.5, 0.6) is 0 Å². The van der Waals surface area contributed by atoms with Gasteiger partial charge in [-0.2, -0.15) is 0 Å². The molecule has 0 bridgehead atoms. The van der Waals surface area contributed by atoms with Crippen LogP contribution in [-0.4, -0.2) is 19.7 Å². The van der Waals surface area contributed by atoms with Gasteiger partial charge in [-0.1, -0.05) is 23.9 Å². The van der Waals surface area contributed by atoms with E-state index in [1.807, 2.05) is 6.07 Å². The monoisotopic (exact) mass is 317 g/mol. The summed E-state index contributed by atoms with van der Waals surface area (Å²) in [5.74, 6) is 1.72. The summed E-state index contributed by atoms with van der Waals surface area (Å²) in [6.45, 7) is 0.450. The van der Waals surface area contributed by atoms with Crippen molar-refractivity contribution in [1.82, 2.24) is 19.7 Å². The van der Waals surface area contributed by atoms with Crippen LogP contribution in [0.25, 0.3) is 10.2 Å². The molecule has 2 aromatic heterocycles. The van der Waals surface area contributed by atoms with Crippen LogP contribution in [0.2, 0.25) is 0 Å². The van der Waals surface area contributed by atoms with Crippen LogP contribution in [0, 0.1) is 0 Å². The maximum absolute atomic E-state index is 5.74. The molecule has 0 radical (unpaired) electrons. The summed E-state index contributed by atoms with van der Waals surface area (Å²) in [4.78, 5) is 4.66. The summed E-state index contributed by atoms with van der Waals surface area (Å²) >= 11 is 3.45. The highest BCUT2D eigenvalue weighted by Gasteiger charge is 2.29. The molecular formula is C14H15N5S2. The van der Waals surface area contributed by atoms with E-state index in [0.717, 1.165) is 27.3 Å². The van der Waals surface area contributed by atoms with Gasteiger partial charge in [0, 0.05) is 6.04 Å². The second kappa shape index (κ2) is 5.40. The Morgan fingerprint density at radius 2 is 2.14 bits per heavy atom. The molecule has 1 aromatic carbocycles. The van der Waals surface area contributed by atoms with Gasteiger partial charge < -0.3 is 10.3 Å². The van der Waals surface area contributed by atoms with Crippen molar-refractivity contribution >= 4 is 33.3 Å². The third-order valence-electron chi connectivity index (χ3n) is 3.49. The molecule has 2 N–H and O–H groups in total. The van der Waals surface area contributed by atoms with Gasteiger partial charge in [0.05, 0.1) is 22.5 Å². The Hall–Kier alpha value is -1.44. The number of benzene rings is 1. The standard InChI is InChI=1S/C14H15N5S2/c15-7-12-17-18-14(19(12)9-5-6-9)20-8-13-16-10-3-1-2-4-11(10)21-13/h1-4,9H,5-8,15H2. The largest absolute Gasteiger partial charge is 0.324 e. The number of hydrogen-bond acceptors (Lipinski definition) is 6. The van der Waals surface area contributed by atoms with Crippen molar-refractivity contribution < 1.29 is 0 Å². The Labute approximate surface area is 130 Å². The molecule has 21 heavy (non-hydrogen) atoms. The lowest BCUT2D eigenvalue weighted by Crippen LogP contribution is -2.08. The zero-order chi connectivity index (χ0) is 14.2. The molecule has 7 heteroatoms. The molecule has 0 spiro atoms. The van der Waals surface area contributed by atoms with Crippen molar-refractivity contribution in [3.63, 3.8) is 0 Å². The Kier molecular flexibility index (Phi) is 3.40. The molecule has 108 valence electrons. The number of para-hydroxylation sites is 1. The van der Waals surface area contributed by atoms with E-state index in [-0.39, 0.29) is 0 Å². The van der Waals surface area contributed by atoms with Crippen LogP contribution in [0.3, 0.4) is 0 Å². The fourth-order valence-corrected chi connectivity index (χ4v) is 4.34. The molecule has 1 aliphatic carbocycles. The second-order valence-corrected chi connectivity index (χ2v) is 7.13. The number of thioether (sulfide) groups is 1. The Morgan fingerprint density at radius 1 is 1.29 bits per heavy atom. The van der Waals surface area contributed by atoms with Crippen LogP contribution in [0.1, 0.15) is 29.7 Å².